The lowest BCUT2D eigenvalue weighted by molar-refractivity contribution is -0.440. The molecular formula is C27H20F26O2. The molecule has 0 aliphatic rings. The van der Waals surface area contributed by atoms with Crippen LogP contribution in [0.5, 0.6) is 0 Å². The molecule has 0 saturated carbocycles. The summed E-state index contributed by atoms with van der Waals surface area (Å²) in [6.07, 6.45) is -27.2. The fraction of sp³-hybridized carbons (Fsp3) is 0.741. The second kappa shape index (κ2) is 15.0. The number of hydrogen-bond donors (Lipinski definition) is 1. The molecule has 322 valence electrons. The van der Waals surface area contributed by atoms with Crippen molar-refractivity contribution < 1.29 is 124 Å². The van der Waals surface area contributed by atoms with Gasteiger partial charge in [-0.15, -0.1) is 0 Å². The summed E-state index contributed by atoms with van der Waals surface area (Å²) in [5.74, 6) is -78.3. The lowest BCUT2D eigenvalue weighted by atomic mass is 9.90. The Kier molecular flexibility index (Phi) is 13.6. The Morgan fingerprint density at radius 1 is 0.400 bits per heavy atom. The van der Waals surface area contributed by atoms with Crippen molar-refractivity contribution in [3.8, 4) is 0 Å². The third-order valence-electron chi connectivity index (χ3n) is 7.82. The molecule has 0 atom stereocenters. The summed E-state index contributed by atoms with van der Waals surface area (Å²) in [5.41, 5.74) is -1.48. The first kappa shape index (κ1) is 49.9. The molecule has 1 aromatic rings. The number of unbranched alkanes of at least 4 members (excludes halogenated alkanes) is 2. The lowest BCUT2D eigenvalue weighted by Crippen LogP contribution is -2.70. The van der Waals surface area contributed by atoms with E-state index < -0.39 is 140 Å². The topological polar surface area (TPSA) is 37.3 Å². The van der Waals surface area contributed by atoms with Crippen LogP contribution in [0.3, 0.4) is 0 Å². The average Bonchev–Trinajstić information content (AvgIpc) is 2.99. The van der Waals surface area contributed by atoms with E-state index in [2.05, 4.69) is 0 Å². The molecule has 55 heavy (non-hydrogen) atoms. The van der Waals surface area contributed by atoms with Crippen LogP contribution in [-0.4, -0.2) is 82.7 Å². The Balaban J connectivity index is 3.17. The molecule has 1 rings (SSSR count). The summed E-state index contributed by atoms with van der Waals surface area (Å²) in [6.45, 7) is 0. The van der Waals surface area contributed by atoms with Crippen LogP contribution in [-0.2, 0) is 12.8 Å². The lowest BCUT2D eigenvalue weighted by Gasteiger charge is -2.39. The number of benzene rings is 1. The van der Waals surface area contributed by atoms with E-state index in [1.165, 1.54) is 0 Å². The first-order valence-corrected chi connectivity index (χ1v) is 14.2. The normalized spacial score (nSPS) is 15.5. The molecule has 0 spiro atoms. The first-order chi connectivity index (χ1) is 24.0. The summed E-state index contributed by atoms with van der Waals surface area (Å²) in [4.78, 5) is 11.3. The predicted molar refractivity (Wildman–Crippen MR) is 130 cm³/mol. The maximum absolute atomic E-state index is 14.1. The van der Waals surface area contributed by atoms with Crippen molar-refractivity contribution in [3.05, 3.63) is 34.9 Å². The van der Waals surface area contributed by atoms with Crippen LogP contribution in [0.15, 0.2) is 18.2 Å². The molecule has 0 aliphatic heterocycles. The van der Waals surface area contributed by atoms with Crippen LogP contribution in [0.2, 0.25) is 0 Å². The summed E-state index contributed by atoms with van der Waals surface area (Å²) in [5, 5.41) is 9.10. The van der Waals surface area contributed by atoms with Gasteiger partial charge in [-0.2, -0.15) is 114 Å². The molecule has 0 fully saturated rings. The Morgan fingerprint density at radius 3 is 0.982 bits per heavy atom. The van der Waals surface area contributed by atoms with Crippen molar-refractivity contribution in [1.82, 2.24) is 0 Å². The molecule has 2 nitrogen and oxygen atoms in total. The minimum absolute atomic E-state index is 0.334. The highest BCUT2D eigenvalue weighted by Gasteiger charge is 2.92. The zero-order valence-electron chi connectivity index (χ0n) is 26.1. The molecule has 0 amide bonds. The number of alkyl halides is 26. The number of carboxylic acid groups (broad SMARTS) is 1. The highest BCUT2D eigenvalue weighted by atomic mass is 19.4. The minimum Gasteiger partial charge on any atom is -0.478 e. The third-order valence-corrected chi connectivity index (χ3v) is 7.82. The van der Waals surface area contributed by atoms with Crippen LogP contribution in [0.1, 0.15) is 60.0 Å². The molecule has 0 unspecified atom stereocenters. The summed E-state index contributed by atoms with van der Waals surface area (Å²) < 4.78 is 345. The van der Waals surface area contributed by atoms with Gasteiger partial charge in [-0.1, -0.05) is 6.07 Å². The predicted octanol–water partition coefficient (Wildman–Crippen LogP) is 12.3. The fourth-order valence-corrected chi connectivity index (χ4v) is 4.48. The van der Waals surface area contributed by atoms with Crippen LogP contribution in [0.25, 0.3) is 0 Å². The van der Waals surface area contributed by atoms with Crippen molar-refractivity contribution in [2.45, 2.75) is 123 Å². The van der Waals surface area contributed by atoms with Gasteiger partial charge in [0.1, 0.15) is 0 Å². The zero-order valence-corrected chi connectivity index (χ0v) is 26.1. The molecule has 1 aromatic carbocycles. The average molecular weight is 870 g/mol. The van der Waals surface area contributed by atoms with Crippen molar-refractivity contribution in [2.24, 2.45) is 0 Å². The number of carboxylic acids is 1. The standard InChI is InChI=1S/C27H20F26O2/c28-16(29,18(32,33)20(36,37)22(40,41)24(44,45)26(48,49)50)9-3-1-5-12-7-8-14(15(54)55)11-13(12)6-2-4-10-17(30,31)19(34,35)21(38,39)23(42,43)25(46,47)27(51,52)53/h7-8,11H,1-6,9-10H2,(H,54,55). The van der Waals surface area contributed by atoms with E-state index >= 15 is 0 Å². The molecule has 0 radical (unpaired) electrons. The summed E-state index contributed by atoms with van der Waals surface area (Å²) in [6, 6.07) is 2.07. The van der Waals surface area contributed by atoms with Crippen molar-refractivity contribution in [3.63, 3.8) is 0 Å². The van der Waals surface area contributed by atoms with Gasteiger partial charge in [-0.25, -0.2) is 4.79 Å². The van der Waals surface area contributed by atoms with E-state index in [-0.39, 0.29) is 5.56 Å². The van der Waals surface area contributed by atoms with Gasteiger partial charge >= 0.3 is 77.5 Å². The maximum atomic E-state index is 14.1. The molecule has 0 saturated heterocycles. The Morgan fingerprint density at radius 2 is 0.691 bits per heavy atom. The molecule has 1 N–H and O–H groups in total. The third kappa shape index (κ3) is 8.46. The SMILES string of the molecule is O=C(O)c1ccc(CCCCC(F)(F)C(F)(F)C(F)(F)C(F)(F)C(F)(F)C(F)(F)F)c(CCCCC(F)(F)C(F)(F)C(F)(F)C(F)(F)C(F)(F)C(F)(F)F)c1. The van der Waals surface area contributed by atoms with Crippen LogP contribution >= 0.6 is 0 Å². The Hall–Kier alpha value is -3.13. The second-order valence-corrected chi connectivity index (χ2v) is 11.7. The number of carbonyl (C=O) groups is 1. The second-order valence-electron chi connectivity index (χ2n) is 11.7. The molecule has 28 heteroatoms. The number of aromatic carboxylic acids is 1. The van der Waals surface area contributed by atoms with Gasteiger partial charge in [-0.3, -0.25) is 0 Å². The smallest absolute Gasteiger partial charge is 0.460 e. The number of halogens is 26. The van der Waals surface area contributed by atoms with Crippen LogP contribution < -0.4 is 0 Å². The van der Waals surface area contributed by atoms with Crippen molar-refractivity contribution >= 4 is 5.97 Å². The Labute approximate surface area is 288 Å². The molecular weight excluding hydrogens is 850 g/mol. The molecule has 0 aromatic heterocycles. The van der Waals surface area contributed by atoms with Gasteiger partial charge in [0.25, 0.3) is 0 Å². The quantitative estimate of drug-likeness (QED) is 0.111. The van der Waals surface area contributed by atoms with Gasteiger partial charge in [0, 0.05) is 12.8 Å². The van der Waals surface area contributed by atoms with E-state index in [0.717, 1.165) is 6.07 Å². The van der Waals surface area contributed by atoms with E-state index in [1.807, 2.05) is 0 Å². The van der Waals surface area contributed by atoms with Gasteiger partial charge in [-0.05, 0) is 61.8 Å². The molecule has 0 bridgehead atoms. The highest BCUT2D eigenvalue weighted by molar-refractivity contribution is 5.87. The van der Waals surface area contributed by atoms with Gasteiger partial charge in [0.15, 0.2) is 0 Å². The van der Waals surface area contributed by atoms with Gasteiger partial charge in [0.2, 0.25) is 0 Å². The van der Waals surface area contributed by atoms with Crippen molar-refractivity contribution in [2.75, 3.05) is 0 Å². The number of rotatable bonds is 19. The van der Waals surface area contributed by atoms with Gasteiger partial charge < -0.3 is 5.11 Å². The largest absolute Gasteiger partial charge is 0.478 e. The zero-order chi connectivity index (χ0) is 44.1. The minimum atomic E-state index is -8.16. The van der Waals surface area contributed by atoms with Crippen molar-refractivity contribution in [1.29, 1.82) is 0 Å². The summed E-state index contributed by atoms with van der Waals surface area (Å²) in [7, 11) is 0. The monoisotopic (exact) mass is 870 g/mol. The fourth-order valence-electron chi connectivity index (χ4n) is 4.48. The molecule has 0 aliphatic carbocycles. The molecule has 0 heterocycles. The van der Waals surface area contributed by atoms with Crippen LogP contribution in [0, 0.1) is 0 Å². The van der Waals surface area contributed by atoms with E-state index in [0.29, 0.717) is 12.1 Å². The van der Waals surface area contributed by atoms with E-state index in [9.17, 15) is 119 Å². The summed E-state index contributed by atoms with van der Waals surface area (Å²) >= 11 is 0. The van der Waals surface area contributed by atoms with Crippen LogP contribution in [0.4, 0.5) is 114 Å². The maximum Gasteiger partial charge on any atom is 0.460 e. The number of aryl methyl sites for hydroxylation is 2. The van der Waals surface area contributed by atoms with E-state index in [1.54, 1.807) is 0 Å². The van der Waals surface area contributed by atoms with Gasteiger partial charge in [0.05, 0.1) is 5.56 Å². The number of hydrogen-bond acceptors (Lipinski definition) is 1. The highest BCUT2D eigenvalue weighted by Crippen LogP contribution is 2.62. The van der Waals surface area contributed by atoms with E-state index in [4.69, 9.17) is 5.11 Å². The first-order valence-electron chi connectivity index (χ1n) is 14.2. The Bertz CT molecular complexity index is 1490.